The Balaban J connectivity index is 1.40. The smallest absolute Gasteiger partial charge is 0.223 e. The number of rotatable bonds is 5. The molecule has 2 fully saturated rings. The van der Waals surface area contributed by atoms with Crippen molar-refractivity contribution in [1.29, 1.82) is 0 Å². The van der Waals surface area contributed by atoms with Gasteiger partial charge in [-0.25, -0.2) is 0 Å². The van der Waals surface area contributed by atoms with E-state index in [1.165, 1.54) is 24.0 Å². The summed E-state index contributed by atoms with van der Waals surface area (Å²) in [4.78, 5) is 12.6. The quantitative estimate of drug-likeness (QED) is 0.884. The zero-order chi connectivity index (χ0) is 17.4. The van der Waals surface area contributed by atoms with Gasteiger partial charge < -0.3 is 5.32 Å². The third-order valence-corrected chi connectivity index (χ3v) is 6.15. The zero-order valence-electron chi connectivity index (χ0n) is 14.5. The van der Waals surface area contributed by atoms with Gasteiger partial charge in [0.1, 0.15) is 0 Å². The third-order valence-electron chi connectivity index (χ3n) is 5.90. The van der Waals surface area contributed by atoms with Crippen LogP contribution in [0.5, 0.6) is 0 Å². The maximum absolute atomic E-state index is 12.6. The number of benzene rings is 1. The fourth-order valence-corrected chi connectivity index (χ4v) is 4.42. The minimum absolute atomic E-state index is 0.0684. The maximum Gasteiger partial charge on any atom is 0.223 e. The zero-order valence-corrected chi connectivity index (χ0v) is 15.3. The largest absolute Gasteiger partial charge is 0.355 e. The summed E-state index contributed by atoms with van der Waals surface area (Å²) in [6.45, 7) is 0.726. The number of hydrogen-bond acceptors (Lipinski definition) is 2. The fraction of sp³-hybridized carbons (Fsp3) is 0.500. The summed E-state index contributed by atoms with van der Waals surface area (Å²) in [6, 6.07) is 8.15. The van der Waals surface area contributed by atoms with E-state index in [9.17, 15) is 4.79 Å². The minimum atomic E-state index is 0.0684. The van der Waals surface area contributed by atoms with E-state index in [1.54, 1.807) is 4.68 Å². The Kier molecular flexibility index (Phi) is 4.32. The van der Waals surface area contributed by atoms with Crippen molar-refractivity contribution in [2.24, 2.45) is 13.0 Å². The minimum Gasteiger partial charge on any atom is -0.355 e. The predicted octanol–water partition coefficient (Wildman–Crippen LogP) is 3.81. The summed E-state index contributed by atoms with van der Waals surface area (Å²) < 4.78 is 1.80. The van der Waals surface area contributed by atoms with E-state index in [0.29, 0.717) is 5.92 Å². The lowest BCUT2D eigenvalue weighted by molar-refractivity contribution is -0.122. The number of halogens is 1. The topological polar surface area (TPSA) is 46.9 Å². The van der Waals surface area contributed by atoms with Crippen molar-refractivity contribution < 1.29 is 4.79 Å². The molecular formula is C20H24ClN3O. The van der Waals surface area contributed by atoms with Gasteiger partial charge in [0, 0.05) is 36.1 Å². The molecule has 0 aliphatic heterocycles. The molecule has 1 N–H and O–H groups in total. The van der Waals surface area contributed by atoms with Crippen LogP contribution in [-0.4, -0.2) is 22.2 Å². The van der Waals surface area contributed by atoms with E-state index in [1.807, 2.05) is 31.6 Å². The average Bonchev–Trinajstić information content (AvgIpc) is 3.05. The van der Waals surface area contributed by atoms with E-state index in [2.05, 4.69) is 22.5 Å². The Morgan fingerprint density at radius 3 is 2.68 bits per heavy atom. The number of hydrogen-bond donors (Lipinski definition) is 1. The van der Waals surface area contributed by atoms with Gasteiger partial charge in [0.25, 0.3) is 0 Å². The second-order valence-electron chi connectivity index (χ2n) is 7.61. The molecule has 2 atom stereocenters. The SMILES string of the molecule is Cn1cc([C@@H]2C[C@@H]2C(=O)NCC2(c3ccc(Cl)cc3)CCCC2)cn1. The van der Waals surface area contributed by atoms with Crippen LogP contribution in [0.2, 0.25) is 5.02 Å². The molecule has 2 saturated carbocycles. The lowest BCUT2D eigenvalue weighted by Gasteiger charge is -2.30. The van der Waals surface area contributed by atoms with Crippen molar-refractivity contribution in [2.75, 3.05) is 6.54 Å². The van der Waals surface area contributed by atoms with Gasteiger partial charge in [0.2, 0.25) is 5.91 Å². The molecule has 1 aromatic carbocycles. The molecule has 1 heterocycles. The molecule has 1 amide bonds. The molecule has 0 unspecified atom stereocenters. The van der Waals surface area contributed by atoms with Crippen LogP contribution >= 0.6 is 11.6 Å². The third kappa shape index (κ3) is 3.32. The molecule has 0 radical (unpaired) electrons. The second kappa shape index (κ2) is 6.49. The molecule has 132 valence electrons. The van der Waals surface area contributed by atoms with Gasteiger partial charge in [0.15, 0.2) is 0 Å². The number of nitrogens with one attached hydrogen (secondary N) is 1. The number of amides is 1. The maximum atomic E-state index is 12.6. The van der Waals surface area contributed by atoms with Crippen molar-refractivity contribution in [1.82, 2.24) is 15.1 Å². The van der Waals surface area contributed by atoms with E-state index in [4.69, 9.17) is 11.6 Å². The van der Waals surface area contributed by atoms with Gasteiger partial charge in [-0.05, 0) is 48.4 Å². The number of nitrogens with zero attached hydrogens (tertiary/aromatic N) is 2. The van der Waals surface area contributed by atoms with Crippen molar-refractivity contribution in [3.8, 4) is 0 Å². The van der Waals surface area contributed by atoms with Crippen molar-refractivity contribution in [3.63, 3.8) is 0 Å². The van der Waals surface area contributed by atoms with Crippen LogP contribution in [0.15, 0.2) is 36.7 Å². The van der Waals surface area contributed by atoms with Crippen molar-refractivity contribution in [2.45, 2.75) is 43.4 Å². The molecule has 1 aromatic heterocycles. The molecular weight excluding hydrogens is 334 g/mol. The summed E-state index contributed by atoms with van der Waals surface area (Å²) in [5, 5.41) is 8.22. The summed E-state index contributed by atoms with van der Waals surface area (Å²) >= 11 is 6.04. The Hall–Kier alpha value is -1.81. The van der Waals surface area contributed by atoms with Crippen LogP contribution in [0.3, 0.4) is 0 Å². The summed E-state index contributed by atoms with van der Waals surface area (Å²) in [6.07, 6.45) is 9.54. The first-order valence-electron chi connectivity index (χ1n) is 9.10. The molecule has 4 rings (SSSR count). The van der Waals surface area contributed by atoms with E-state index >= 15 is 0 Å². The Morgan fingerprint density at radius 2 is 2.04 bits per heavy atom. The Bertz CT molecular complexity index is 762. The Morgan fingerprint density at radius 1 is 1.32 bits per heavy atom. The lowest BCUT2D eigenvalue weighted by atomic mass is 9.79. The molecule has 2 aromatic rings. The number of aromatic nitrogens is 2. The number of carbonyl (C=O) groups excluding carboxylic acids is 1. The highest BCUT2D eigenvalue weighted by molar-refractivity contribution is 6.30. The van der Waals surface area contributed by atoms with E-state index < -0.39 is 0 Å². The van der Waals surface area contributed by atoms with Gasteiger partial charge in [0.05, 0.1) is 6.20 Å². The van der Waals surface area contributed by atoms with Crippen LogP contribution in [-0.2, 0) is 17.3 Å². The van der Waals surface area contributed by atoms with Crippen LogP contribution < -0.4 is 5.32 Å². The van der Waals surface area contributed by atoms with Crippen LogP contribution in [0.25, 0.3) is 0 Å². The standard InChI is InChI=1S/C20H24ClN3O/c1-24-12-14(11-23-24)17-10-18(17)19(25)22-13-20(8-2-3-9-20)15-4-6-16(21)7-5-15/h4-7,11-12,17-18H,2-3,8-10,13H2,1H3,(H,22,25)/t17-,18-/m0/s1. The number of carbonyl (C=O) groups is 1. The highest BCUT2D eigenvalue weighted by Gasteiger charge is 2.45. The van der Waals surface area contributed by atoms with E-state index in [0.717, 1.165) is 30.8 Å². The molecule has 4 nitrogen and oxygen atoms in total. The Labute approximate surface area is 153 Å². The van der Waals surface area contributed by atoms with Crippen LogP contribution in [0, 0.1) is 5.92 Å². The summed E-state index contributed by atoms with van der Waals surface area (Å²) in [5.41, 5.74) is 2.55. The van der Waals surface area contributed by atoms with Crippen LogP contribution in [0.4, 0.5) is 0 Å². The highest BCUT2D eigenvalue weighted by atomic mass is 35.5. The van der Waals surface area contributed by atoms with Crippen LogP contribution in [0.1, 0.15) is 49.1 Å². The molecule has 2 aliphatic carbocycles. The first-order chi connectivity index (χ1) is 12.1. The monoisotopic (exact) mass is 357 g/mol. The van der Waals surface area contributed by atoms with Gasteiger partial charge in [-0.15, -0.1) is 0 Å². The fourth-order valence-electron chi connectivity index (χ4n) is 4.29. The predicted molar refractivity (Wildman–Crippen MR) is 98.7 cm³/mol. The molecule has 0 spiro atoms. The molecule has 5 heteroatoms. The van der Waals surface area contributed by atoms with Gasteiger partial charge in [-0.2, -0.15) is 5.10 Å². The molecule has 25 heavy (non-hydrogen) atoms. The number of aryl methyl sites for hydroxylation is 1. The van der Waals surface area contributed by atoms with Crippen molar-refractivity contribution in [3.05, 3.63) is 52.8 Å². The summed E-state index contributed by atoms with van der Waals surface area (Å²) in [5.74, 6) is 0.630. The lowest BCUT2D eigenvalue weighted by Crippen LogP contribution is -2.39. The van der Waals surface area contributed by atoms with Gasteiger partial charge in [-0.3, -0.25) is 9.48 Å². The molecule has 2 aliphatic rings. The van der Waals surface area contributed by atoms with Crippen molar-refractivity contribution >= 4 is 17.5 Å². The van der Waals surface area contributed by atoms with E-state index in [-0.39, 0.29) is 17.2 Å². The first kappa shape index (κ1) is 16.6. The average molecular weight is 358 g/mol. The normalized spacial score (nSPS) is 24.2. The van der Waals surface area contributed by atoms with Gasteiger partial charge in [-0.1, -0.05) is 36.6 Å². The second-order valence-corrected chi connectivity index (χ2v) is 8.04. The van der Waals surface area contributed by atoms with Gasteiger partial charge >= 0.3 is 0 Å². The summed E-state index contributed by atoms with van der Waals surface area (Å²) in [7, 11) is 1.91. The molecule has 0 bridgehead atoms. The highest BCUT2D eigenvalue weighted by Crippen LogP contribution is 2.48. The molecule has 0 saturated heterocycles. The first-order valence-corrected chi connectivity index (χ1v) is 9.47.